The molecule has 2 heterocycles. The third-order valence-corrected chi connectivity index (χ3v) is 4.61. The van der Waals surface area contributed by atoms with E-state index in [-0.39, 0.29) is 12.2 Å². The Bertz CT molecular complexity index is 662. The lowest BCUT2D eigenvalue weighted by Crippen LogP contribution is -2.44. The molecule has 0 aliphatic carbocycles. The minimum absolute atomic E-state index is 0.269. The molecule has 2 saturated heterocycles. The van der Waals surface area contributed by atoms with Gasteiger partial charge >= 0.3 is 0 Å². The van der Waals surface area contributed by atoms with E-state index in [0.29, 0.717) is 19.8 Å². The number of hydrogen-bond acceptors (Lipinski definition) is 5. The van der Waals surface area contributed by atoms with Gasteiger partial charge in [-0.15, -0.1) is 0 Å². The fourth-order valence-electron chi connectivity index (χ4n) is 3.26. The van der Waals surface area contributed by atoms with E-state index in [1.54, 1.807) is 0 Å². The molecule has 0 spiro atoms. The number of hydrogen-bond donors (Lipinski definition) is 1. The van der Waals surface area contributed by atoms with Gasteiger partial charge in [0.25, 0.3) is 0 Å². The van der Waals surface area contributed by atoms with E-state index in [1.807, 2.05) is 60.7 Å². The standard InChI is InChI=1S/C20H22O5/c21-17-19(23-12-15-9-5-2-6-10-15)18-16(13-24-20(17)25-18)22-11-14-7-3-1-4-8-14/h1-10,16-21H,11-13H2/t16-,17-,18-,19-,20-/m1/s1. The van der Waals surface area contributed by atoms with Crippen LogP contribution in [0.4, 0.5) is 0 Å². The van der Waals surface area contributed by atoms with Gasteiger partial charge in [-0.1, -0.05) is 60.7 Å². The van der Waals surface area contributed by atoms with Gasteiger partial charge in [-0.2, -0.15) is 0 Å². The third-order valence-electron chi connectivity index (χ3n) is 4.61. The van der Waals surface area contributed by atoms with Gasteiger partial charge in [0.2, 0.25) is 0 Å². The highest BCUT2D eigenvalue weighted by molar-refractivity contribution is 5.14. The van der Waals surface area contributed by atoms with Gasteiger partial charge in [0, 0.05) is 0 Å². The predicted molar refractivity (Wildman–Crippen MR) is 90.7 cm³/mol. The first-order chi connectivity index (χ1) is 12.3. The third kappa shape index (κ3) is 3.76. The van der Waals surface area contributed by atoms with Crippen molar-refractivity contribution in [3.8, 4) is 0 Å². The number of ether oxygens (including phenoxy) is 4. The van der Waals surface area contributed by atoms with Crippen LogP contribution in [0.15, 0.2) is 60.7 Å². The first-order valence-electron chi connectivity index (χ1n) is 8.57. The van der Waals surface area contributed by atoms with Crippen molar-refractivity contribution in [2.24, 2.45) is 0 Å². The number of aliphatic hydroxyl groups is 1. The highest BCUT2D eigenvalue weighted by atomic mass is 16.7. The second-order valence-corrected chi connectivity index (χ2v) is 6.39. The monoisotopic (exact) mass is 342 g/mol. The van der Waals surface area contributed by atoms with Crippen molar-refractivity contribution in [2.45, 2.75) is 43.9 Å². The zero-order valence-electron chi connectivity index (χ0n) is 13.9. The van der Waals surface area contributed by atoms with Crippen LogP contribution in [0.3, 0.4) is 0 Å². The summed E-state index contributed by atoms with van der Waals surface area (Å²) in [7, 11) is 0. The summed E-state index contributed by atoms with van der Waals surface area (Å²) in [5, 5.41) is 10.4. The smallest absolute Gasteiger partial charge is 0.186 e. The maximum atomic E-state index is 10.4. The number of rotatable bonds is 6. The van der Waals surface area contributed by atoms with Gasteiger partial charge in [0.15, 0.2) is 6.29 Å². The lowest BCUT2D eigenvalue weighted by Gasteiger charge is -2.30. The van der Waals surface area contributed by atoms with Crippen molar-refractivity contribution in [3.63, 3.8) is 0 Å². The van der Waals surface area contributed by atoms with Crippen LogP contribution in [-0.4, -0.2) is 42.4 Å². The van der Waals surface area contributed by atoms with Crippen molar-refractivity contribution < 1.29 is 24.1 Å². The van der Waals surface area contributed by atoms with Gasteiger partial charge in [0.05, 0.1) is 19.8 Å². The average molecular weight is 342 g/mol. The first kappa shape index (κ1) is 16.7. The maximum absolute atomic E-state index is 10.4. The molecule has 2 fully saturated rings. The lowest BCUT2D eigenvalue weighted by molar-refractivity contribution is -0.245. The molecule has 5 atom stereocenters. The Morgan fingerprint density at radius 2 is 1.48 bits per heavy atom. The molecule has 5 heteroatoms. The summed E-state index contributed by atoms with van der Waals surface area (Å²) in [5.74, 6) is 0. The first-order valence-corrected chi connectivity index (χ1v) is 8.57. The summed E-state index contributed by atoms with van der Waals surface area (Å²) in [6.07, 6.45) is -2.51. The van der Waals surface area contributed by atoms with Crippen molar-refractivity contribution in [2.75, 3.05) is 6.61 Å². The van der Waals surface area contributed by atoms with Crippen LogP contribution >= 0.6 is 0 Å². The molecule has 4 rings (SSSR count). The second-order valence-electron chi connectivity index (χ2n) is 6.39. The Kier molecular flexibility index (Phi) is 5.10. The molecule has 5 nitrogen and oxygen atoms in total. The Balaban J connectivity index is 1.39. The minimum atomic E-state index is -0.806. The van der Waals surface area contributed by atoms with Gasteiger partial charge in [0.1, 0.15) is 24.4 Å². The molecule has 2 aromatic carbocycles. The van der Waals surface area contributed by atoms with Crippen molar-refractivity contribution in [1.82, 2.24) is 0 Å². The van der Waals surface area contributed by atoms with E-state index in [2.05, 4.69) is 0 Å². The Morgan fingerprint density at radius 3 is 2.12 bits per heavy atom. The van der Waals surface area contributed by atoms with Crippen LogP contribution in [0.25, 0.3) is 0 Å². The predicted octanol–water partition coefficient (Wildman–Crippen LogP) is 2.27. The zero-order chi connectivity index (χ0) is 17.1. The molecule has 2 aliphatic rings. The van der Waals surface area contributed by atoms with E-state index < -0.39 is 18.5 Å². The molecule has 2 bridgehead atoms. The van der Waals surface area contributed by atoms with E-state index >= 15 is 0 Å². The van der Waals surface area contributed by atoms with E-state index in [9.17, 15) is 5.11 Å². The number of aliphatic hydroxyl groups excluding tert-OH is 1. The van der Waals surface area contributed by atoms with Crippen LogP contribution < -0.4 is 0 Å². The van der Waals surface area contributed by atoms with Crippen LogP contribution in [0.5, 0.6) is 0 Å². The largest absolute Gasteiger partial charge is 0.385 e. The maximum Gasteiger partial charge on any atom is 0.186 e. The van der Waals surface area contributed by atoms with Gasteiger partial charge in [-0.05, 0) is 11.1 Å². The lowest BCUT2D eigenvalue weighted by atomic mass is 10.1. The molecule has 0 amide bonds. The van der Waals surface area contributed by atoms with Crippen molar-refractivity contribution in [3.05, 3.63) is 71.8 Å². The summed E-state index contributed by atoms with van der Waals surface area (Å²) < 4.78 is 23.3. The Labute approximate surface area is 147 Å². The summed E-state index contributed by atoms with van der Waals surface area (Å²) >= 11 is 0. The fourth-order valence-corrected chi connectivity index (χ4v) is 3.26. The van der Waals surface area contributed by atoms with E-state index in [0.717, 1.165) is 11.1 Å². The molecular weight excluding hydrogens is 320 g/mol. The molecule has 0 saturated carbocycles. The summed E-state index contributed by atoms with van der Waals surface area (Å²) in [6, 6.07) is 19.8. The Morgan fingerprint density at radius 1 is 0.880 bits per heavy atom. The molecule has 1 N–H and O–H groups in total. The molecule has 0 aromatic heterocycles. The quantitative estimate of drug-likeness (QED) is 0.873. The van der Waals surface area contributed by atoms with E-state index in [4.69, 9.17) is 18.9 Å². The van der Waals surface area contributed by atoms with Crippen LogP contribution in [-0.2, 0) is 32.2 Å². The molecular formula is C20H22O5. The average Bonchev–Trinajstić information content (AvgIpc) is 2.92. The summed E-state index contributed by atoms with van der Waals surface area (Å²) in [6.45, 7) is 1.28. The summed E-state index contributed by atoms with van der Waals surface area (Å²) in [5.41, 5.74) is 2.14. The normalized spacial score (nSPS) is 31.2. The highest BCUT2D eigenvalue weighted by Crippen LogP contribution is 2.33. The molecule has 0 unspecified atom stereocenters. The van der Waals surface area contributed by atoms with Crippen LogP contribution in [0.1, 0.15) is 11.1 Å². The molecule has 2 aromatic rings. The molecule has 25 heavy (non-hydrogen) atoms. The van der Waals surface area contributed by atoms with Gasteiger partial charge in [-0.25, -0.2) is 0 Å². The fraction of sp³-hybridized carbons (Fsp3) is 0.400. The van der Waals surface area contributed by atoms with E-state index in [1.165, 1.54) is 0 Å². The summed E-state index contributed by atoms with van der Waals surface area (Å²) in [4.78, 5) is 0. The van der Waals surface area contributed by atoms with Crippen LogP contribution in [0.2, 0.25) is 0 Å². The highest BCUT2D eigenvalue weighted by Gasteiger charge is 2.52. The topological polar surface area (TPSA) is 57.2 Å². The van der Waals surface area contributed by atoms with Crippen LogP contribution in [0, 0.1) is 0 Å². The van der Waals surface area contributed by atoms with Gasteiger partial charge in [-0.3, -0.25) is 0 Å². The van der Waals surface area contributed by atoms with Crippen molar-refractivity contribution >= 4 is 0 Å². The zero-order valence-corrected chi connectivity index (χ0v) is 13.9. The number of benzene rings is 2. The van der Waals surface area contributed by atoms with Crippen molar-refractivity contribution in [1.29, 1.82) is 0 Å². The second kappa shape index (κ2) is 7.64. The molecule has 0 radical (unpaired) electrons. The molecule has 2 aliphatic heterocycles. The Hall–Kier alpha value is -1.76. The number of fused-ring (bicyclic) bond motifs is 2. The van der Waals surface area contributed by atoms with Gasteiger partial charge < -0.3 is 24.1 Å². The minimum Gasteiger partial charge on any atom is -0.385 e. The molecule has 132 valence electrons. The SMILES string of the molecule is O[C@H]1[C@@H]2OC[C@@H](OCc3ccccc3)[C@@H](O2)[C@@H]1OCc1ccccc1.